The SMILES string of the molecule is Cc1ccc2[nH]c3c(c2c1)CC(=O)CC(C)C3C. The minimum atomic E-state index is 0.371. The molecule has 0 fully saturated rings. The number of rotatable bonds is 0. The lowest BCUT2D eigenvalue weighted by Crippen LogP contribution is -2.08. The standard InChI is InChI=1S/C16H19NO/c1-9-4-5-15-13(6-9)14-8-12(18)7-10(2)11(3)16(14)17-15/h4-6,10-11,17H,7-8H2,1-3H3. The van der Waals surface area contributed by atoms with E-state index in [9.17, 15) is 4.79 Å². The maximum absolute atomic E-state index is 12.0. The number of hydrogen-bond acceptors (Lipinski definition) is 1. The van der Waals surface area contributed by atoms with Gasteiger partial charge in [0, 0.05) is 29.4 Å². The van der Waals surface area contributed by atoms with Crippen molar-refractivity contribution in [2.75, 3.05) is 0 Å². The Hall–Kier alpha value is -1.57. The number of fused-ring (bicyclic) bond motifs is 3. The highest BCUT2D eigenvalue weighted by molar-refractivity contribution is 5.92. The molecule has 1 aliphatic carbocycles. The van der Waals surface area contributed by atoms with Crippen LogP contribution >= 0.6 is 0 Å². The number of Topliss-reactive ketones (excluding diaryl/α,β-unsaturated/α-hetero) is 1. The highest BCUT2D eigenvalue weighted by Gasteiger charge is 2.28. The summed E-state index contributed by atoms with van der Waals surface area (Å²) in [6.07, 6.45) is 1.30. The molecular weight excluding hydrogens is 222 g/mol. The first kappa shape index (κ1) is 11.5. The van der Waals surface area contributed by atoms with Crippen LogP contribution in [-0.2, 0) is 11.2 Å². The smallest absolute Gasteiger partial charge is 0.137 e. The summed E-state index contributed by atoms with van der Waals surface area (Å²) in [7, 11) is 0. The van der Waals surface area contributed by atoms with Crippen molar-refractivity contribution in [2.45, 2.75) is 39.5 Å². The molecule has 0 bridgehead atoms. The Balaban J connectivity index is 2.27. The predicted octanol–water partition coefficient (Wildman–Crippen LogP) is 3.73. The molecule has 0 spiro atoms. The van der Waals surface area contributed by atoms with E-state index in [1.165, 1.54) is 27.7 Å². The molecular formula is C16H19NO. The maximum Gasteiger partial charge on any atom is 0.137 e. The molecule has 94 valence electrons. The van der Waals surface area contributed by atoms with Crippen molar-refractivity contribution < 1.29 is 4.79 Å². The Morgan fingerprint density at radius 3 is 2.83 bits per heavy atom. The van der Waals surface area contributed by atoms with E-state index in [-0.39, 0.29) is 0 Å². The van der Waals surface area contributed by atoms with E-state index in [1.54, 1.807) is 0 Å². The molecule has 1 aromatic carbocycles. The minimum Gasteiger partial charge on any atom is -0.358 e. The number of nitrogens with one attached hydrogen (secondary N) is 1. The van der Waals surface area contributed by atoms with E-state index in [0.29, 0.717) is 30.5 Å². The zero-order chi connectivity index (χ0) is 12.9. The fourth-order valence-corrected chi connectivity index (χ4v) is 3.05. The summed E-state index contributed by atoms with van der Waals surface area (Å²) in [5.74, 6) is 1.22. The molecule has 2 atom stereocenters. The van der Waals surface area contributed by atoms with Crippen LogP contribution in [0.15, 0.2) is 18.2 Å². The quantitative estimate of drug-likeness (QED) is 0.700. The lowest BCUT2D eigenvalue weighted by atomic mass is 9.91. The third-order valence-electron chi connectivity index (χ3n) is 4.33. The number of ketones is 1. The molecule has 1 heterocycles. The Kier molecular flexibility index (Phi) is 2.54. The van der Waals surface area contributed by atoms with E-state index in [1.807, 2.05) is 0 Å². The van der Waals surface area contributed by atoms with Crippen LogP contribution in [0.1, 0.15) is 43.0 Å². The summed E-state index contributed by atoms with van der Waals surface area (Å²) in [5, 5.41) is 1.24. The van der Waals surface area contributed by atoms with Crippen molar-refractivity contribution >= 4 is 16.7 Å². The van der Waals surface area contributed by atoms with Gasteiger partial charge >= 0.3 is 0 Å². The summed E-state index contributed by atoms with van der Waals surface area (Å²) >= 11 is 0. The largest absolute Gasteiger partial charge is 0.358 e. The van der Waals surface area contributed by atoms with E-state index in [0.717, 1.165) is 0 Å². The first-order valence-electron chi connectivity index (χ1n) is 6.69. The fraction of sp³-hybridized carbons (Fsp3) is 0.438. The summed E-state index contributed by atoms with van der Waals surface area (Å²) < 4.78 is 0. The Morgan fingerprint density at radius 2 is 2.06 bits per heavy atom. The van der Waals surface area contributed by atoms with Gasteiger partial charge in [0.05, 0.1) is 0 Å². The lowest BCUT2D eigenvalue weighted by Gasteiger charge is -2.15. The number of hydrogen-bond donors (Lipinski definition) is 1. The number of benzene rings is 1. The second-order valence-electron chi connectivity index (χ2n) is 5.75. The number of H-pyrrole nitrogens is 1. The summed E-state index contributed by atoms with van der Waals surface area (Å²) in [6, 6.07) is 6.44. The van der Waals surface area contributed by atoms with Crippen molar-refractivity contribution in [2.24, 2.45) is 5.92 Å². The molecule has 18 heavy (non-hydrogen) atoms. The summed E-state index contributed by atoms with van der Waals surface area (Å²) in [4.78, 5) is 15.5. The molecule has 2 aromatic rings. The van der Waals surface area contributed by atoms with Gasteiger partial charge in [-0.05, 0) is 36.5 Å². The van der Waals surface area contributed by atoms with Gasteiger partial charge in [-0.25, -0.2) is 0 Å². The van der Waals surface area contributed by atoms with E-state index in [4.69, 9.17) is 0 Å². The van der Waals surface area contributed by atoms with Crippen LogP contribution in [0.4, 0.5) is 0 Å². The van der Waals surface area contributed by atoms with Gasteiger partial charge < -0.3 is 4.98 Å². The second-order valence-corrected chi connectivity index (χ2v) is 5.75. The first-order chi connectivity index (χ1) is 8.56. The first-order valence-corrected chi connectivity index (χ1v) is 6.69. The van der Waals surface area contributed by atoms with Crippen molar-refractivity contribution in [1.82, 2.24) is 4.98 Å². The molecule has 2 nitrogen and oxygen atoms in total. The highest BCUT2D eigenvalue weighted by atomic mass is 16.1. The van der Waals surface area contributed by atoms with Crippen LogP contribution in [-0.4, -0.2) is 10.8 Å². The Bertz CT molecular complexity index is 623. The van der Waals surface area contributed by atoms with Crippen molar-refractivity contribution in [1.29, 1.82) is 0 Å². The van der Waals surface area contributed by atoms with Gasteiger partial charge in [-0.15, -0.1) is 0 Å². The molecule has 2 heteroatoms. The molecule has 1 N–H and O–H groups in total. The zero-order valence-electron chi connectivity index (χ0n) is 11.2. The van der Waals surface area contributed by atoms with E-state index < -0.39 is 0 Å². The lowest BCUT2D eigenvalue weighted by molar-refractivity contribution is -0.119. The predicted molar refractivity (Wildman–Crippen MR) is 73.9 cm³/mol. The average molecular weight is 241 g/mol. The van der Waals surface area contributed by atoms with Gasteiger partial charge in [-0.3, -0.25) is 4.79 Å². The number of carbonyl (C=O) groups excluding carboxylic acids is 1. The fourth-order valence-electron chi connectivity index (χ4n) is 3.05. The highest BCUT2D eigenvalue weighted by Crippen LogP contribution is 2.36. The molecule has 2 unspecified atom stereocenters. The molecule has 0 amide bonds. The third kappa shape index (κ3) is 1.67. The molecule has 0 aliphatic heterocycles. The van der Waals surface area contributed by atoms with Crippen LogP contribution in [0.3, 0.4) is 0 Å². The number of aromatic amines is 1. The topological polar surface area (TPSA) is 32.9 Å². The minimum absolute atomic E-state index is 0.371. The summed E-state index contributed by atoms with van der Waals surface area (Å²) in [5.41, 5.74) is 4.92. The average Bonchev–Trinajstić information content (AvgIpc) is 2.61. The van der Waals surface area contributed by atoms with Crippen LogP contribution in [0.5, 0.6) is 0 Å². The van der Waals surface area contributed by atoms with Crippen LogP contribution in [0, 0.1) is 12.8 Å². The maximum atomic E-state index is 12.0. The van der Waals surface area contributed by atoms with Gasteiger partial charge in [0.2, 0.25) is 0 Å². The number of aromatic nitrogens is 1. The second kappa shape index (κ2) is 3.98. The van der Waals surface area contributed by atoms with E-state index in [2.05, 4.69) is 44.0 Å². The number of carbonyl (C=O) groups is 1. The molecule has 0 saturated heterocycles. The normalized spacial score (nSPS) is 24.1. The van der Waals surface area contributed by atoms with Gasteiger partial charge in [0.25, 0.3) is 0 Å². The van der Waals surface area contributed by atoms with E-state index >= 15 is 0 Å². The third-order valence-corrected chi connectivity index (χ3v) is 4.33. The van der Waals surface area contributed by atoms with Gasteiger partial charge in [-0.2, -0.15) is 0 Å². The van der Waals surface area contributed by atoms with Crippen LogP contribution in [0.2, 0.25) is 0 Å². The van der Waals surface area contributed by atoms with Crippen molar-refractivity contribution in [3.63, 3.8) is 0 Å². The van der Waals surface area contributed by atoms with Crippen molar-refractivity contribution in [3.8, 4) is 0 Å². The van der Waals surface area contributed by atoms with Gasteiger partial charge in [0.1, 0.15) is 5.78 Å². The van der Waals surface area contributed by atoms with Crippen LogP contribution in [0.25, 0.3) is 10.9 Å². The van der Waals surface area contributed by atoms with Crippen molar-refractivity contribution in [3.05, 3.63) is 35.0 Å². The van der Waals surface area contributed by atoms with Gasteiger partial charge in [-0.1, -0.05) is 25.5 Å². The summed E-state index contributed by atoms with van der Waals surface area (Å²) in [6.45, 7) is 6.50. The number of aryl methyl sites for hydroxylation is 1. The molecule has 0 radical (unpaired) electrons. The Labute approximate surface area is 107 Å². The molecule has 3 rings (SSSR count). The monoisotopic (exact) mass is 241 g/mol. The molecule has 1 aromatic heterocycles. The van der Waals surface area contributed by atoms with Gasteiger partial charge in [0.15, 0.2) is 0 Å². The zero-order valence-corrected chi connectivity index (χ0v) is 11.2. The molecule has 1 aliphatic rings. The molecule has 0 saturated carbocycles. The Morgan fingerprint density at radius 1 is 1.28 bits per heavy atom. The van der Waals surface area contributed by atoms with Crippen LogP contribution < -0.4 is 0 Å².